The average molecular weight is 244 g/mol. The van der Waals surface area contributed by atoms with Gasteiger partial charge in [-0.1, -0.05) is 30.3 Å². The summed E-state index contributed by atoms with van der Waals surface area (Å²) >= 11 is 0. The second-order valence-electron chi connectivity index (χ2n) is 4.50. The maximum atomic E-state index is 5.67. The minimum atomic E-state index is 0.659. The Hall–Kier alpha value is -1.58. The molecule has 0 aliphatic carbocycles. The van der Waals surface area contributed by atoms with Crippen molar-refractivity contribution >= 4 is 0 Å². The van der Waals surface area contributed by atoms with Crippen molar-refractivity contribution in [3.63, 3.8) is 0 Å². The molecule has 2 N–H and O–H groups in total. The van der Waals surface area contributed by atoms with Crippen LogP contribution in [0, 0.1) is 6.92 Å². The SMILES string of the molecule is Cc1ccc(CN(CCN)Cc2ccccc2)o1. The van der Waals surface area contributed by atoms with Gasteiger partial charge < -0.3 is 10.2 Å². The minimum Gasteiger partial charge on any atom is -0.465 e. The van der Waals surface area contributed by atoms with Crippen molar-refractivity contribution in [2.75, 3.05) is 13.1 Å². The molecule has 0 bridgehead atoms. The third-order valence-corrected chi connectivity index (χ3v) is 2.87. The lowest BCUT2D eigenvalue weighted by molar-refractivity contribution is 0.240. The Kier molecular flexibility index (Phi) is 4.56. The van der Waals surface area contributed by atoms with Gasteiger partial charge in [-0.2, -0.15) is 0 Å². The summed E-state index contributed by atoms with van der Waals surface area (Å²) in [6.45, 7) is 5.20. The molecular formula is C15H20N2O. The first-order valence-electron chi connectivity index (χ1n) is 6.29. The van der Waals surface area contributed by atoms with Crippen LogP contribution in [0.25, 0.3) is 0 Å². The number of hydrogen-bond acceptors (Lipinski definition) is 3. The van der Waals surface area contributed by atoms with Gasteiger partial charge in [-0.25, -0.2) is 0 Å². The van der Waals surface area contributed by atoms with Gasteiger partial charge in [-0.15, -0.1) is 0 Å². The van der Waals surface area contributed by atoms with Gasteiger partial charge in [0.2, 0.25) is 0 Å². The highest BCUT2D eigenvalue weighted by Gasteiger charge is 2.08. The monoisotopic (exact) mass is 244 g/mol. The van der Waals surface area contributed by atoms with E-state index < -0.39 is 0 Å². The maximum Gasteiger partial charge on any atom is 0.118 e. The number of hydrogen-bond donors (Lipinski definition) is 1. The number of nitrogens with two attached hydrogens (primary N) is 1. The van der Waals surface area contributed by atoms with Gasteiger partial charge in [-0.3, -0.25) is 4.90 Å². The molecule has 96 valence electrons. The zero-order valence-corrected chi connectivity index (χ0v) is 10.8. The molecule has 0 amide bonds. The molecule has 0 radical (unpaired) electrons. The van der Waals surface area contributed by atoms with E-state index in [0.29, 0.717) is 6.54 Å². The van der Waals surface area contributed by atoms with Crippen LogP contribution < -0.4 is 5.73 Å². The first-order chi connectivity index (χ1) is 8.78. The maximum absolute atomic E-state index is 5.67. The topological polar surface area (TPSA) is 42.4 Å². The molecule has 18 heavy (non-hydrogen) atoms. The van der Waals surface area contributed by atoms with Gasteiger partial charge in [0.1, 0.15) is 11.5 Å². The second-order valence-corrected chi connectivity index (χ2v) is 4.50. The van der Waals surface area contributed by atoms with Crippen LogP contribution in [0.5, 0.6) is 0 Å². The predicted octanol–water partition coefficient (Wildman–Crippen LogP) is 2.55. The molecule has 1 aromatic carbocycles. The molecule has 0 atom stereocenters. The number of aryl methyl sites for hydroxylation is 1. The highest BCUT2D eigenvalue weighted by atomic mass is 16.3. The van der Waals surface area contributed by atoms with Crippen molar-refractivity contribution in [2.24, 2.45) is 5.73 Å². The standard InChI is InChI=1S/C15H20N2O/c1-13-7-8-15(18-13)12-17(10-9-16)11-14-5-3-2-4-6-14/h2-8H,9-12,16H2,1H3. The number of rotatable bonds is 6. The van der Waals surface area contributed by atoms with Crippen molar-refractivity contribution in [1.82, 2.24) is 4.90 Å². The van der Waals surface area contributed by atoms with E-state index in [0.717, 1.165) is 31.2 Å². The van der Waals surface area contributed by atoms with Gasteiger partial charge in [0.05, 0.1) is 6.54 Å². The minimum absolute atomic E-state index is 0.659. The zero-order chi connectivity index (χ0) is 12.8. The lowest BCUT2D eigenvalue weighted by Crippen LogP contribution is -2.28. The predicted molar refractivity (Wildman–Crippen MR) is 73.1 cm³/mol. The van der Waals surface area contributed by atoms with E-state index in [2.05, 4.69) is 29.2 Å². The molecule has 0 unspecified atom stereocenters. The Morgan fingerprint density at radius 1 is 1.06 bits per heavy atom. The Morgan fingerprint density at radius 3 is 2.44 bits per heavy atom. The normalized spacial score (nSPS) is 11.1. The summed E-state index contributed by atoms with van der Waals surface area (Å²) < 4.78 is 5.62. The van der Waals surface area contributed by atoms with E-state index in [-0.39, 0.29) is 0 Å². The van der Waals surface area contributed by atoms with Crippen LogP contribution in [0.3, 0.4) is 0 Å². The van der Waals surface area contributed by atoms with Crippen LogP contribution in [0.2, 0.25) is 0 Å². The molecule has 1 aromatic heterocycles. The first kappa shape index (κ1) is 12.9. The van der Waals surface area contributed by atoms with Gasteiger partial charge in [0.25, 0.3) is 0 Å². The lowest BCUT2D eigenvalue weighted by Gasteiger charge is -2.20. The molecule has 2 aromatic rings. The highest BCUT2D eigenvalue weighted by molar-refractivity contribution is 5.14. The van der Waals surface area contributed by atoms with E-state index >= 15 is 0 Å². The van der Waals surface area contributed by atoms with E-state index in [1.165, 1.54) is 5.56 Å². The average Bonchev–Trinajstić information content (AvgIpc) is 2.76. The molecule has 0 saturated heterocycles. The van der Waals surface area contributed by atoms with Crippen LogP contribution in [0.1, 0.15) is 17.1 Å². The van der Waals surface area contributed by atoms with Gasteiger partial charge in [0.15, 0.2) is 0 Å². The van der Waals surface area contributed by atoms with Crippen molar-refractivity contribution in [3.05, 3.63) is 59.5 Å². The Balaban J connectivity index is 1.99. The second kappa shape index (κ2) is 6.38. The summed E-state index contributed by atoms with van der Waals surface area (Å²) in [5, 5.41) is 0. The van der Waals surface area contributed by atoms with Crippen LogP contribution in [-0.4, -0.2) is 18.0 Å². The zero-order valence-electron chi connectivity index (χ0n) is 10.8. The fraction of sp³-hybridized carbons (Fsp3) is 0.333. The quantitative estimate of drug-likeness (QED) is 0.849. The van der Waals surface area contributed by atoms with Crippen LogP contribution in [0.4, 0.5) is 0 Å². The van der Waals surface area contributed by atoms with Gasteiger partial charge in [0, 0.05) is 19.6 Å². The van der Waals surface area contributed by atoms with E-state index in [9.17, 15) is 0 Å². The molecule has 0 aliphatic heterocycles. The van der Waals surface area contributed by atoms with E-state index in [1.807, 2.05) is 25.1 Å². The molecule has 0 aliphatic rings. The van der Waals surface area contributed by atoms with Crippen LogP contribution in [0.15, 0.2) is 46.9 Å². The number of benzene rings is 1. The summed E-state index contributed by atoms with van der Waals surface area (Å²) in [5.41, 5.74) is 6.97. The Morgan fingerprint density at radius 2 is 1.83 bits per heavy atom. The van der Waals surface area contributed by atoms with Crippen molar-refractivity contribution in [2.45, 2.75) is 20.0 Å². The van der Waals surface area contributed by atoms with Crippen molar-refractivity contribution in [3.8, 4) is 0 Å². The van der Waals surface area contributed by atoms with Crippen molar-refractivity contribution < 1.29 is 4.42 Å². The third kappa shape index (κ3) is 3.72. The van der Waals surface area contributed by atoms with Gasteiger partial charge in [-0.05, 0) is 24.6 Å². The fourth-order valence-corrected chi connectivity index (χ4v) is 2.03. The molecule has 3 heteroatoms. The molecule has 0 fully saturated rings. The molecular weight excluding hydrogens is 224 g/mol. The van der Waals surface area contributed by atoms with E-state index in [4.69, 9.17) is 10.2 Å². The molecule has 2 rings (SSSR count). The van der Waals surface area contributed by atoms with Crippen molar-refractivity contribution in [1.29, 1.82) is 0 Å². The van der Waals surface area contributed by atoms with Crippen LogP contribution >= 0.6 is 0 Å². The first-order valence-corrected chi connectivity index (χ1v) is 6.29. The summed E-state index contributed by atoms with van der Waals surface area (Å²) in [7, 11) is 0. The smallest absolute Gasteiger partial charge is 0.118 e. The van der Waals surface area contributed by atoms with Crippen LogP contribution in [-0.2, 0) is 13.1 Å². The largest absolute Gasteiger partial charge is 0.465 e. The van der Waals surface area contributed by atoms with E-state index in [1.54, 1.807) is 0 Å². The third-order valence-electron chi connectivity index (χ3n) is 2.87. The fourth-order valence-electron chi connectivity index (χ4n) is 2.03. The number of furan rings is 1. The summed E-state index contributed by atoms with van der Waals surface area (Å²) in [6, 6.07) is 14.5. The molecule has 0 saturated carbocycles. The number of nitrogens with zero attached hydrogens (tertiary/aromatic N) is 1. The summed E-state index contributed by atoms with van der Waals surface area (Å²) in [4.78, 5) is 2.30. The van der Waals surface area contributed by atoms with Gasteiger partial charge >= 0.3 is 0 Å². The molecule has 3 nitrogen and oxygen atoms in total. The Labute approximate surface area is 108 Å². The molecule has 1 heterocycles. The summed E-state index contributed by atoms with van der Waals surface area (Å²) in [5.74, 6) is 1.95. The molecule has 0 spiro atoms. The summed E-state index contributed by atoms with van der Waals surface area (Å²) in [6.07, 6.45) is 0. The highest BCUT2D eigenvalue weighted by Crippen LogP contribution is 2.12. The Bertz CT molecular complexity index is 464. The lowest BCUT2D eigenvalue weighted by atomic mass is 10.2.